The quantitative estimate of drug-likeness (QED) is 0.781. The molecule has 2 rings (SSSR count). The smallest absolute Gasteiger partial charge is 0.220 e. The van der Waals surface area contributed by atoms with E-state index >= 15 is 0 Å². The molecule has 1 atom stereocenters. The van der Waals surface area contributed by atoms with Crippen molar-refractivity contribution in [2.24, 2.45) is 0 Å². The molecule has 1 amide bonds. The number of rotatable bonds is 2. The van der Waals surface area contributed by atoms with Crippen LogP contribution in [0.4, 0.5) is 0 Å². The molecular weight excluding hydrogens is 186 g/mol. The maximum Gasteiger partial charge on any atom is 0.220 e. The van der Waals surface area contributed by atoms with E-state index in [2.05, 4.69) is 24.0 Å². The van der Waals surface area contributed by atoms with Crippen LogP contribution in [0.2, 0.25) is 0 Å². The highest BCUT2D eigenvalue weighted by molar-refractivity contribution is 5.78. The number of carbonyl (C=O) groups excluding carboxylic acids is 1. The summed E-state index contributed by atoms with van der Waals surface area (Å²) in [6, 6.07) is 8.17. The Kier molecular flexibility index (Phi) is 2.86. The average Bonchev–Trinajstić information content (AvgIpc) is 2.29. The zero-order valence-electron chi connectivity index (χ0n) is 8.70. The lowest BCUT2D eigenvalue weighted by Gasteiger charge is -2.23. The van der Waals surface area contributed by atoms with Crippen molar-refractivity contribution < 1.29 is 4.79 Å². The van der Waals surface area contributed by atoms with Crippen LogP contribution in [0.3, 0.4) is 0 Å². The van der Waals surface area contributed by atoms with Crippen LogP contribution in [0.15, 0.2) is 30.8 Å². The van der Waals surface area contributed by atoms with Gasteiger partial charge in [0.1, 0.15) is 0 Å². The van der Waals surface area contributed by atoms with E-state index in [1.54, 1.807) is 0 Å². The number of hydrogen-bond donors (Lipinski definition) is 1. The summed E-state index contributed by atoms with van der Waals surface area (Å²) in [7, 11) is 0. The Bertz CT molecular complexity index is 384. The summed E-state index contributed by atoms with van der Waals surface area (Å²) < 4.78 is 0. The molecule has 0 radical (unpaired) electrons. The van der Waals surface area contributed by atoms with E-state index < -0.39 is 0 Å². The SMILES string of the molecule is C=Cc1ccccc1C1CCNC(=O)C1. The summed E-state index contributed by atoms with van der Waals surface area (Å²) in [5, 5.41) is 2.85. The molecule has 1 aromatic carbocycles. The number of carbonyl (C=O) groups is 1. The summed E-state index contributed by atoms with van der Waals surface area (Å²) >= 11 is 0. The van der Waals surface area contributed by atoms with Gasteiger partial charge in [-0.3, -0.25) is 4.79 Å². The van der Waals surface area contributed by atoms with Gasteiger partial charge in [0.05, 0.1) is 0 Å². The maximum absolute atomic E-state index is 11.3. The fourth-order valence-corrected chi connectivity index (χ4v) is 2.12. The Morgan fingerprint density at radius 3 is 2.93 bits per heavy atom. The lowest BCUT2D eigenvalue weighted by atomic mass is 9.87. The number of amides is 1. The zero-order valence-corrected chi connectivity index (χ0v) is 8.70. The summed E-state index contributed by atoms with van der Waals surface area (Å²) in [6.45, 7) is 4.59. The molecule has 2 nitrogen and oxygen atoms in total. The third kappa shape index (κ3) is 2.09. The molecule has 0 bridgehead atoms. The van der Waals surface area contributed by atoms with Gasteiger partial charge in [-0.1, -0.05) is 36.9 Å². The van der Waals surface area contributed by atoms with E-state index in [4.69, 9.17) is 0 Å². The van der Waals surface area contributed by atoms with Crippen LogP contribution >= 0.6 is 0 Å². The second-order valence-corrected chi connectivity index (χ2v) is 3.87. The summed E-state index contributed by atoms with van der Waals surface area (Å²) in [5.74, 6) is 0.512. The van der Waals surface area contributed by atoms with Gasteiger partial charge in [0.25, 0.3) is 0 Å². The minimum Gasteiger partial charge on any atom is -0.356 e. The van der Waals surface area contributed by atoms with Gasteiger partial charge >= 0.3 is 0 Å². The van der Waals surface area contributed by atoms with Crippen LogP contribution in [-0.2, 0) is 4.79 Å². The minimum absolute atomic E-state index is 0.158. The van der Waals surface area contributed by atoms with Gasteiger partial charge in [0, 0.05) is 13.0 Å². The van der Waals surface area contributed by atoms with Crippen LogP contribution < -0.4 is 5.32 Å². The molecule has 0 aliphatic carbocycles. The van der Waals surface area contributed by atoms with Crippen molar-refractivity contribution in [2.75, 3.05) is 6.54 Å². The van der Waals surface area contributed by atoms with E-state index in [-0.39, 0.29) is 5.91 Å². The minimum atomic E-state index is 0.158. The van der Waals surface area contributed by atoms with E-state index in [0.717, 1.165) is 18.5 Å². The van der Waals surface area contributed by atoms with Crippen molar-refractivity contribution in [3.63, 3.8) is 0 Å². The van der Waals surface area contributed by atoms with Crippen LogP contribution in [-0.4, -0.2) is 12.5 Å². The van der Waals surface area contributed by atoms with Gasteiger partial charge in [-0.05, 0) is 23.5 Å². The molecule has 1 N–H and O–H groups in total. The second kappa shape index (κ2) is 4.30. The predicted molar refractivity (Wildman–Crippen MR) is 61.5 cm³/mol. The number of hydrogen-bond acceptors (Lipinski definition) is 1. The van der Waals surface area contributed by atoms with Gasteiger partial charge in [-0.15, -0.1) is 0 Å². The molecule has 1 aliphatic heterocycles. The zero-order chi connectivity index (χ0) is 10.7. The van der Waals surface area contributed by atoms with Crippen LogP contribution in [0.25, 0.3) is 6.08 Å². The van der Waals surface area contributed by atoms with Crippen molar-refractivity contribution in [1.29, 1.82) is 0 Å². The van der Waals surface area contributed by atoms with E-state index in [1.165, 1.54) is 5.56 Å². The lowest BCUT2D eigenvalue weighted by molar-refractivity contribution is -0.122. The van der Waals surface area contributed by atoms with Crippen LogP contribution in [0.5, 0.6) is 0 Å². The van der Waals surface area contributed by atoms with E-state index in [9.17, 15) is 4.79 Å². The van der Waals surface area contributed by atoms with Crippen molar-refractivity contribution in [1.82, 2.24) is 5.32 Å². The first-order valence-electron chi connectivity index (χ1n) is 5.29. The third-order valence-electron chi connectivity index (χ3n) is 2.90. The molecule has 1 aromatic rings. The Hall–Kier alpha value is -1.57. The van der Waals surface area contributed by atoms with E-state index in [1.807, 2.05) is 18.2 Å². The Balaban J connectivity index is 2.27. The van der Waals surface area contributed by atoms with Crippen molar-refractivity contribution in [3.8, 4) is 0 Å². The number of benzene rings is 1. The van der Waals surface area contributed by atoms with Crippen LogP contribution in [0, 0.1) is 0 Å². The summed E-state index contributed by atoms with van der Waals surface area (Å²) in [6.07, 6.45) is 3.49. The highest BCUT2D eigenvalue weighted by atomic mass is 16.1. The Labute approximate surface area is 90.0 Å². The normalized spacial score (nSPS) is 20.8. The lowest BCUT2D eigenvalue weighted by Crippen LogP contribution is -2.32. The van der Waals surface area contributed by atoms with Crippen molar-refractivity contribution in [3.05, 3.63) is 42.0 Å². The maximum atomic E-state index is 11.3. The summed E-state index contributed by atoms with van der Waals surface area (Å²) in [4.78, 5) is 11.3. The third-order valence-corrected chi connectivity index (χ3v) is 2.90. The molecule has 0 aromatic heterocycles. The number of nitrogens with one attached hydrogen (secondary N) is 1. The molecule has 15 heavy (non-hydrogen) atoms. The molecule has 78 valence electrons. The molecule has 0 saturated carbocycles. The van der Waals surface area contributed by atoms with Gasteiger partial charge in [-0.25, -0.2) is 0 Å². The van der Waals surface area contributed by atoms with Crippen molar-refractivity contribution >= 4 is 12.0 Å². The molecule has 2 heteroatoms. The fraction of sp³-hybridized carbons (Fsp3) is 0.308. The molecule has 1 heterocycles. The number of piperidine rings is 1. The highest BCUT2D eigenvalue weighted by Gasteiger charge is 2.21. The van der Waals surface area contributed by atoms with Crippen molar-refractivity contribution in [2.45, 2.75) is 18.8 Å². The first-order chi connectivity index (χ1) is 7.31. The standard InChI is InChI=1S/C13H15NO/c1-2-10-5-3-4-6-12(10)11-7-8-14-13(15)9-11/h2-6,11H,1,7-9H2,(H,14,15). The molecule has 1 aliphatic rings. The molecule has 1 fully saturated rings. The van der Waals surface area contributed by atoms with Gasteiger partial charge < -0.3 is 5.32 Å². The van der Waals surface area contributed by atoms with E-state index in [0.29, 0.717) is 12.3 Å². The Morgan fingerprint density at radius 1 is 1.40 bits per heavy atom. The first kappa shape index (κ1) is 9.97. The summed E-state index contributed by atoms with van der Waals surface area (Å²) in [5.41, 5.74) is 2.40. The van der Waals surface area contributed by atoms with Gasteiger partial charge in [0.2, 0.25) is 5.91 Å². The first-order valence-corrected chi connectivity index (χ1v) is 5.29. The average molecular weight is 201 g/mol. The van der Waals surface area contributed by atoms with Crippen LogP contribution in [0.1, 0.15) is 29.9 Å². The Morgan fingerprint density at radius 2 is 2.20 bits per heavy atom. The monoisotopic (exact) mass is 201 g/mol. The largest absolute Gasteiger partial charge is 0.356 e. The fourth-order valence-electron chi connectivity index (χ4n) is 2.12. The van der Waals surface area contributed by atoms with Gasteiger partial charge in [0.15, 0.2) is 0 Å². The highest BCUT2D eigenvalue weighted by Crippen LogP contribution is 2.28. The van der Waals surface area contributed by atoms with Gasteiger partial charge in [-0.2, -0.15) is 0 Å². The topological polar surface area (TPSA) is 29.1 Å². The molecule has 1 saturated heterocycles. The second-order valence-electron chi connectivity index (χ2n) is 3.87. The molecule has 1 unspecified atom stereocenters. The predicted octanol–water partition coefficient (Wildman–Crippen LogP) is 2.32. The molecule has 0 spiro atoms. The molecular formula is C13H15NO.